The number of likely N-dealkylation sites (tertiary alicyclic amines) is 1. The van der Waals surface area contributed by atoms with Crippen LogP contribution in [0, 0.1) is 0 Å². The molecule has 138 valence electrons. The number of nitrogens with two attached hydrogens (primary N) is 1. The van der Waals surface area contributed by atoms with Crippen molar-refractivity contribution < 1.29 is 9.90 Å². The van der Waals surface area contributed by atoms with E-state index in [-0.39, 0.29) is 17.4 Å². The summed E-state index contributed by atoms with van der Waals surface area (Å²) in [5.74, 6) is -0.846. The predicted molar refractivity (Wildman–Crippen MR) is 103 cm³/mol. The number of nitrogen functional groups attached to an aromatic ring is 1. The van der Waals surface area contributed by atoms with Crippen LogP contribution in [0.1, 0.15) is 22.8 Å². The smallest absolute Gasteiger partial charge is 0.336 e. The molecule has 7 heteroatoms. The Morgan fingerprint density at radius 2 is 2.04 bits per heavy atom. The molecule has 3 aromatic rings. The van der Waals surface area contributed by atoms with Crippen molar-refractivity contribution in [1.82, 2.24) is 19.7 Å². The number of nitrogens with zero attached hydrogens (tertiary/aromatic N) is 4. The van der Waals surface area contributed by atoms with Gasteiger partial charge in [-0.3, -0.25) is 4.68 Å². The summed E-state index contributed by atoms with van der Waals surface area (Å²) in [6.45, 7) is 1.90. The number of rotatable bonds is 4. The van der Waals surface area contributed by atoms with E-state index < -0.39 is 5.97 Å². The molecule has 1 aliphatic heterocycles. The molecule has 1 unspecified atom stereocenters. The molecule has 3 N–H and O–H groups in total. The van der Waals surface area contributed by atoms with Gasteiger partial charge in [-0.1, -0.05) is 30.3 Å². The Morgan fingerprint density at radius 1 is 1.26 bits per heavy atom. The molecule has 7 nitrogen and oxygen atoms in total. The number of likely N-dealkylation sites (N-methyl/N-ethyl adjacent to an activating group) is 1. The zero-order valence-electron chi connectivity index (χ0n) is 15.0. The Morgan fingerprint density at radius 3 is 2.70 bits per heavy atom. The highest BCUT2D eigenvalue weighted by Crippen LogP contribution is 2.39. The Bertz CT molecular complexity index is 983. The molecule has 0 bridgehead atoms. The highest BCUT2D eigenvalue weighted by molar-refractivity contribution is 6.01. The molecule has 1 aromatic carbocycles. The van der Waals surface area contributed by atoms with E-state index in [9.17, 15) is 9.90 Å². The van der Waals surface area contributed by atoms with E-state index in [2.05, 4.69) is 22.0 Å². The minimum absolute atomic E-state index is 0.128. The minimum Gasteiger partial charge on any atom is -0.478 e. The van der Waals surface area contributed by atoms with Crippen LogP contribution in [0.15, 0.2) is 48.8 Å². The molecule has 2 aromatic heterocycles. The summed E-state index contributed by atoms with van der Waals surface area (Å²) in [5.41, 5.74) is 9.19. The number of carboxylic acid groups (broad SMARTS) is 1. The van der Waals surface area contributed by atoms with Gasteiger partial charge in [-0.05, 0) is 26.1 Å². The molecule has 4 rings (SSSR count). The first kappa shape index (κ1) is 17.2. The number of aromatic nitrogens is 3. The summed E-state index contributed by atoms with van der Waals surface area (Å²) >= 11 is 0. The van der Waals surface area contributed by atoms with Crippen molar-refractivity contribution in [2.75, 3.05) is 25.9 Å². The average molecular weight is 363 g/mol. The maximum atomic E-state index is 11.8. The summed E-state index contributed by atoms with van der Waals surface area (Å²) in [7, 11) is 2.09. The second-order valence-electron chi connectivity index (χ2n) is 6.85. The summed E-state index contributed by atoms with van der Waals surface area (Å²) in [4.78, 5) is 18.2. The first-order chi connectivity index (χ1) is 13.1. The SMILES string of the molecule is CN1CCC(n2ncc(-c3c(C(=O)O)ccnc3N)c2-c2ccccc2)C1. The third-order valence-corrected chi connectivity index (χ3v) is 5.04. The Kier molecular flexibility index (Phi) is 4.37. The first-order valence-corrected chi connectivity index (χ1v) is 8.86. The lowest BCUT2D eigenvalue weighted by atomic mass is 9.97. The van der Waals surface area contributed by atoms with Gasteiger partial charge in [0.25, 0.3) is 0 Å². The number of carboxylic acids is 1. The Labute approximate surface area is 157 Å². The zero-order chi connectivity index (χ0) is 19.0. The van der Waals surface area contributed by atoms with Crippen molar-refractivity contribution in [3.05, 3.63) is 54.4 Å². The van der Waals surface area contributed by atoms with Gasteiger partial charge in [0, 0.05) is 29.4 Å². The molecular formula is C20H21N5O2. The number of pyridine rings is 1. The first-order valence-electron chi connectivity index (χ1n) is 8.86. The van der Waals surface area contributed by atoms with Gasteiger partial charge in [-0.15, -0.1) is 0 Å². The van der Waals surface area contributed by atoms with Crippen molar-refractivity contribution in [3.8, 4) is 22.4 Å². The van der Waals surface area contributed by atoms with Crippen LogP contribution in [0.4, 0.5) is 5.82 Å². The lowest BCUT2D eigenvalue weighted by molar-refractivity contribution is 0.0697. The number of benzene rings is 1. The lowest BCUT2D eigenvalue weighted by Gasteiger charge is -2.17. The van der Waals surface area contributed by atoms with Crippen molar-refractivity contribution in [3.63, 3.8) is 0 Å². The molecule has 27 heavy (non-hydrogen) atoms. The Balaban J connectivity index is 1.96. The van der Waals surface area contributed by atoms with Crippen LogP contribution in [0.3, 0.4) is 0 Å². The normalized spacial score (nSPS) is 17.3. The van der Waals surface area contributed by atoms with Crippen LogP contribution in [0.25, 0.3) is 22.4 Å². The number of anilines is 1. The molecule has 1 atom stereocenters. The van der Waals surface area contributed by atoms with E-state index in [4.69, 9.17) is 5.73 Å². The molecule has 0 amide bonds. The molecule has 0 saturated carbocycles. The van der Waals surface area contributed by atoms with Gasteiger partial charge >= 0.3 is 5.97 Å². The highest BCUT2D eigenvalue weighted by atomic mass is 16.4. The summed E-state index contributed by atoms with van der Waals surface area (Å²) in [6, 6.07) is 11.6. The van der Waals surface area contributed by atoms with Gasteiger partial charge < -0.3 is 15.7 Å². The van der Waals surface area contributed by atoms with Crippen LogP contribution in [-0.2, 0) is 0 Å². The van der Waals surface area contributed by atoms with Crippen molar-refractivity contribution in [2.24, 2.45) is 0 Å². The predicted octanol–water partition coefficient (Wildman–Crippen LogP) is 2.77. The van der Waals surface area contributed by atoms with Gasteiger partial charge in [-0.25, -0.2) is 9.78 Å². The molecule has 0 spiro atoms. The molecule has 1 saturated heterocycles. The summed E-state index contributed by atoms with van der Waals surface area (Å²) in [5, 5.41) is 14.3. The van der Waals surface area contributed by atoms with Crippen LogP contribution in [0.5, 0.6) is 0 Å². The maximum absolute atomic E-state index is 11.8. The monoisotopic (exact) mass is 363 g/mol. The molecular weight excluding hydrogens is 342 g/mol. The molecule has 1 aliphatic rings. The lowest BCUT2D eigenvalue weighted by Crippen LogP contribution is -2.17. The van der Waals surface area contributed by atoms with Gasteiger partial charge in [0.1, 0.15) is 5.82 Å². The second kappa shape index (κ2) is 6.85. The van der Waals surface area contributed by atoms with Gasteiger partial charge in [-0.2, -0.15) is 5.10 Å². The third kappa shape index (κ3) is 3.06. The standard InChI is InChI=1S/C20H21N5O2/c1-24-10-8-14(12-24)25-18(13-5-3-2-4-6-13)16(11-23-25)17-15(20(26)27)7-9-22-19(17)21/h2-7,9,11,14H,8,10,12H2,1H3,(H2,21,22)(H,26,27). The quantitative estimate of drug-likeness (QED) is 0.740. The van der Waals surface area contributed by atoms with Crippen molar-refractivity contribution >= 4 is 11.8 Å². The largest absolute Gasteiger partial charge is 0.478 e. The highest BCUT2D eigenvalue weighted by Gasteiger charge is 2.28. The number of hydrogen-bond acceptors (Lipinski definition) is 5. The van der Waals surface area contributed by atoms with E-state index in [0.29, 0.717) is 11.1 Å². The van der Waals surface area contributed by atoms with E-state index >= 15 is 0 Å². The van der Waals surface area contributed by atoms with E-state index in [0.717, 1.165) is 30.8 Å². The fraction of sp³-hybridized carbons (Fsp3) is 0.250. The van der Waals surface area contributed by atoms with Crippen LogP contribution < -0.4 is 5.73 Å². The average Bonchev–Trinajstić information content (AvgIpc) is 3.28. The molecule has 0 radical (unpaired) electrons. The zero-order valence-corrected chi connectivity index (χ0v) is 15.0. The summed E-state index contributed by atoms with van der Waals surface area (Å²) < 4.78 is 2.01. The maximum Gasteiger partial charge on any atom is 0.336 e. The Hall–Kier alpha value is -3.19. The molecule has 0 aliphatic carbocycles. The minimum atomic E-state index is -1.04. The fourth-order valence-electron chi connectivity index (χ4n) is 3.76. The third-order valence-electron chi connectivity index (χ3n) is 5.04. The molecule has 3 heterocycles. The van der Waals surface area contributed by atoms with Crippen molar-refractivity contribution in [2.45, 2.75) is 12.5 Å². The number of hydrogen-bond donors (Lipinski definition) is 2. The van der Waals surface area contributed by atoms with Gasteiger partial charge in [0.05, 0.1) is 23.5 Å². The van der Waals surface area contributed by atoms with Gasteiger partial charge in [0.2, 0.25) is 0 Å². The van der Waals surface area contributed by atoms with Crippen LogP contribution in [0.2, 0.25) is 0 Å². The van der Waals surface area contributed by atoms with Gasteiger partial charge in [0.15, 0.2) is 0 Å². The number of carbonyl (C=O) groups is 1. The summed E-state index contributed by atoms with van der Waals surface area (Å²) in [6.07, 6.45) is 4.12. The topological polar surface area (TPSA) is 97.3 Å². The van der Waals surface area contributed by atoms with E-state index in [1.54, 1.807) is 6.20 Å². The number of aromatic carboxylic acids is 1. The van der Waals surface area contributed by atoms with E-state index in [1.807, 2.05) is 35.0 Å². The van der Waals surface area contributed by atoms with Crippen molar-refractivity contribution in [1.29, 1.82) is 0 Å². The molecule has 1 fully saturated rings. The van der Waals surface area contributed by atoms with Crippen LogP contribution >= 0.6 is 0 Å². The van der Waals surface area contributed by atoms with E-state index in [1.165, 1.54) is 12.3 Å². The van der Waals surface area contributed by atoms with Crippen LogP contribution in [-0.4, -0.2) is 50.9 Å². The fourth-order valence-corrected chi connectivity index (χ4v) is 3.76. The second-order valence-corrected chi connectivity index (χ2v) is 6.85.